The van der Waals surface area contributed by atoms with E-state index in [1.54, 1.807) is 24.3 Å². The summed E-state index contributed by atoms with van der Waals surface area (Å²) in [7, 11) is 1.96. The van der Waals surface area contributed by atoms with E-state index in [1.165, 1.54) is 6.07 Å². The number of benzene rings is 1. The summed E-state index contributed by atoms with van der Waals surface area (Å²) in [6.45, 7) is 1.62. The molecule has 1 amide bonds. The van der Waals surface area contributed by atoms with Crippen LogP contribution in [-0.2, 0) is 11.2 Å². The van der Waals surface area contributed by atoms with Gasteiger partial charge in [-0.25, -0.2) is 4.39 Å². The van der Waals surface area contributed by atoms with Crippen molar-refractivity contribution in [3.63, 3.8) is 0 Å². The van der Waals surface area contributed by atoms with Gasteiger partial charge in [0.1, 0.15) is 17.3 Å². The molecule has 1 N–H and O–H groups in total. The average Bonchev–Trinajstić information content (AvgIpc) is 3.09. The zero-order valence-corrected chi connectivity index (χ0v) is 15.2. The van der Waals surface area contributed by atoms with Crippen molar-refractivity contribution < 1.29 is 13.6 Å². The second-order valence-corrected chi connectivity index (χ2v) is 6.19. The smallest absolute Gasteiger partial charge is 0.223 e. The highest BCUT2D eigenvalue weighted by molar-refractivity contribution is 5.85. The quantitative estimate of drug-likeness (QED) is 0.878. The van der Waals surface area contributed by atoms with Crippen LogP contribution in [0.4, 0.5) is 4.39 Å². The summed E-state index contributed by atoms with van der Waals surface area (Å²) < 4.78 is 19.5. The number of piperidine rings is 1. The van der Waals surface area contributed by atoms with E-state index >= 15 is 0 Å². The number of aryl methyl sites for hydroxylation is 1. The molecule has 3 rings (SSSR count). The van der Waals surface area contributed by atoms with Gasteiger partial charge in [-0.3, -0.25) is 4.79 Å². The maximum absolute atomic E-state index is 13.8. The van der Waals surface area contributed by atoms with E-state index in [1.807, 2.05) is 18.0 Å². The first-order chi connectivity index (χ1) is 11.7. The molecule has 0 atom stereocenters. The van der Waals surface area contributed by atoms with Crippen LogP contribution in [0.15, 0.2) is 40.8 Å². The van der Waals surface area contributed by atoms with Gasteiger partial charge in [0.2, 0.25) is 5.91 Å². The molecule has 2 aromatic rings. The SMILES string of the molecule is CNC1CCN(C(=O)CCc2ccc(-c3ccccc3F)o2)CC1.Cl. The molecule has 0 radical (unpaired) electrons. The lowest BCUT2D eigenvalue weighted by Gasteiger charge is -2.31. The van der Waals surface area contributed by atoms with Crippen LogP contribution in [-0.4, -0.2) is 37.0 Å². The number of nitrogens with zero attached hydrogens (tertiary/aromatic N) is 1. The summed E-state index contributed by atoms with van der Waals surface area (Å²) in [5.74, 6) is 1.08. The van der Waals surface area contributed by atoms with Crippen LogP contribution in [0.1, 0.15) is 25.0 Å². The molecule has 0 saturated carbocycles. The van der Waals surface area contributed by atoms with Crippen LogP contribution in [0.2, 0.25) is 0 Å². The second kappa shape index (κ2) is 9.02. The molecule has 1 saturated heterocycles. The molecule has 25 heavy (non-hydrogen) atoms. The number of rotatable bonds is 5. The fourth-order valence-corrected chi connectivity index (χ4v) is 3.12. The minimum Gasteiger partial charge on any atom is -0.461 e. The summed E-state index contributed by atoms with van der Waals surface area (Å²) in [5.41, 5.74) is 0.448. The highest BCUT2D eigenvalue weighted by Crippen LogP contribution is 2.25. The predicted octanol–water partition coefficient (Wildman–Crippen LogP) is 3.65. The van der Waals surface area contributed by atoms with Crippen LogP contribution in [0.3, 0.4) is 0 Å². The number of amides is 1. The number of furan rings is 1. The van der Waals surface area contributed by atoms with Gasteiger partial charge in [-0.2, -0.15) is 0 Å². The maximum atomic E-state index is 13.8. The zero-order chi connectivity index (χ0) is 16.9. The third-order valence-corrected chi connectivity index (χ3v) is 4.64. The van der Waals surface area contributed by atoms with Gasteiger partial charge >= 0.3 is 0 Å². The fraction of sp³-hybridized carbons (Fsp3) is 0.421. The van der Waals surface area contributed by atoms with Gasteiger partial charge in [0, 0.05) is 32.0 Å². The van der Waals surface area contributed by atoms with E-state index < -0.39 is 0 Å². The van der Waals surface area contributed by atoms with E-state index in [4.69, 9.17) is 4.42 Å². The van der Waals surface area contributed by atoms with Gasteiger partial charge in [0.25, 0.3) is 0 Å². The Morgan fingerprint density at radius 1 is 1.24 bits per heavy atom. The topological polar surface area (TPSA) is 45.5 Å². The van der Waals surface area contributed by atoms with Crippen molar-refractivity contribution in [2.75, 3.05) is 20.1 Å². The van der Waals surface area contributed by atoms with Crippen molar-refractivity contribution in [2.45, 2.75) is 31.7 Å². The Kier molecular flexibility index (Phi) is 7.02. The molecule has 0 spiro atoms. The lowest BCUT2D eigenvalue weighted by molar-refractivity contribution is -0.132. The monoisotopic (exact) mass is 366 g/mol. The molecule has 0 unspecified atom stereocenters. The molecule has 1 aliphatic heterocycles. The summed E-state index contributed by atoms with van der Waals surface area (Å²) in [4.78, 5) is 14.2. The number of hydrogen-bond donors (Lipinski definition) is 1. The predicted molar refractivity (Wildman–Crippen MR) is 98.3 cm³/mol. The first kappa shape index (κ1) is 19.5. The van der Waals surface area contributed by atoms with Crippen molar-refractivity contribution in [1.29, 1.82) is 0 Å². The Balaban J connectivity index is 0.00000225. The van der Waals surface area contributed by atoms with Gasteiger partial charge in [0.15, 0.2) is 0 Å². The Morgan fingerprint density at radius 2 is 1.96 bits per heavy atom. The lowest BCUT2D eigenvalue weighted by Crippen LogP contribution is -2.44. The second-order valence-electron chi connectivity index (χ2n) is 6.19. The molecule has 1 aliphatic rings. The molecule has 6 heteroatoms. The van der Waals surface area contributed by atoms with Crippen molar-refractivity contribution in [1.82, 2.24) is 10.2 Å². The van der Waals surface area contributed by atoms with E-state index in [0.717, 1.165) is 25.9 Å². The van der Waals surface area contributed by atoms with Gasteiger partial charge in [0.05, 0.1) is 5.56 Å². The summed E-state index contributed by atoms with van der Waals surface area (Å²) in [6, 6.07) is 10.6. The van der Waals surface area contributed by atoms with Crippen molar-refractivity contribution in [3.05, 3.63) is 48.0 Å². The molecular weight excluding hydrogens is 343 g/mol. The van der Waals surface area contributed by atoms with Crippen molar-refractivity contribution >= 4 is 18.3 Å². The average molecular weight is 367 g/mol. The van der Waals surface area contributed by atoms with Crippen LogP contribution < -0.4 is 5.32 Å². The third-order valence-electron chi connectivity index (χ3n) is 4.64. The molecule has 136 valence electrons. The first-order valence-electron chi connectivity index (χ1n) is 8.46. The number of likely N-dealkylation sites (tertiary alicyclic amines) is 1. The highest BCUT2D eigenvalue weighted by atomic mass is 35.5. The molecule has 1 aromatic heterocycles. The van der Waals surface area contributed by atoms with E-state index in [-0.39, 0.29) is 24.1 Å². The molecule has 0 aliphatic carbocycles. The lowest BCUT2D eigenvalue weighted by atomic mass is 10.0. The summed E-state index contributed by atoms with van der Waals surface area (Å²) in [6.07, 6.45) is 2.97. The van der Waals surface area contributed by atoms with Crippen LogP contribution >= 0.6 is 12.4 Å². The van der Waals surface area contributed by atoms with E-state index in [2.05, 4.69) is 5.32 Å². The van der Waals surface area contributed by atoms with Gasteiger partial charge in [-0.15, -0.1) is 12.4 Å². The Hall–Kier alpha value is -1.85. The Labute approximate surface area is 153 Å². The minimum atomic E-state index is -0.304. The highest BCUT2D eigenvalue weighted by Gasteiger charge is 2.21. The molecule has 4 nitrogen and oxygen atoms in total. The zero-order valence-electron chi connectivity index (χ0n) is 14.3. The van der Waals surface area contributed by atoms with Gasteiger partial charge < -0.3 is 14.6 Å². The van der Waals surface area contributed by atoms with Crippen molar-refractivity contribution in [2.24, 2.45) is 0 Å². The Morgan fingerprint density at radius 3 is 2.64 bits per heavy atom. The van der Waals surface area contributed by atoms with Crippen LogP contribution in [0, 0.1) is 5.82 Å². The summed E-state index contributed by atoms with van der Waals surface area (Å²) >= 11 is 0. The number of carbonyl (C=O) groups excluding carboxylic acids is 1. The maximum Gasteiger partial charge on any atom is 0.223 e. The fourth-order valence-electron chi connectivity index (χ4n) is 3.12. The molecule has 2 heterocycles. The van der Waals surface area contributed by atoms with E-state index in [0.29, 0.717) is 36.0 Å². The minimum absolute atomic E-state index is 0. The van der Waals surface area contributed by atoms with Gasteiger partial charge in [-0.05, 0) is 44.2 Å². The Bertz CT molecular complexity index is 696. The van der Waals surface area contributed by atoms with E-state index in [9.17, 15) is 9.18 Å². The standard InChI is InChI=1S/C19H23FN2O2.ClH/c1-21-14-10-12-22(13-11-14)19(23)9-7-15-6-8-18(24-15)16-4-2-3-5-17(16)20;/h2-6,8,14,21H,7,9-13H2,1H3;1H. The number of halogens is 2. The number of carbonyl (C=O) groups is 1. The van der Waals surface area contributed by atoms with Gasteiger partial charge in [-0.1, -0.05) is 12.1 Å². The molecule has 1 aromatic carbocycles. The number of hydrogen-bond acceptors (Lipinski definition) is 3. The van der Waals surface area contributed by atoms with Crippen molar-refractivity contribution in [3.8, 4) is 11.3 Å². The molecular formula is C19H24ClFN2O2. The first-order valence-corrected chi connectivity index (χ1v) is 8.46. The largest absolute Gasteiger partial charge is 0.461 e. The van der Waals surface area contributed by atoms with Crippen LogP contribution in [0.25, 0.3) is 11.3 Å². The number of nitrogens with one attached hydrogen (secondary N) is 1. The molecule has 0 bridgehead atoms. The molecule has 1 fully saturated rings. The summed E-state index contributed by atoms with van der Waals surface area (Å²) in [5, 5.41) is 3.26. The normalized spacial score (nSPS) is 15.0. The third kappa shape index (κ3) is 4.83. The van der Waals surface area contributed by atoms with Crippen LogP contribution in [0.5, 0.6) is 0 Å².